The minimum atomic E-state index is 0.676. The van der Waals surface area contributed by atoms with Crippen LogP contribution in [-0.4, -0.2) is 18.1 Å². The summed E-state index contributed by atoms with van der Waals surface area (Å²) in [6.07, 6.45) is 6.41. The molecule has 1 N–H and O–H groups in total. The van der Waals surface area contributed by atoms with E-state index >= 15 is 0 Å². The van der Waals surface area contributed by atoms with Gasteiger partial charge in [-0.2, -0.15) is 0 Å². The van der Waals surface area contributed by atoms with Crippen LogP contribution < -0.4 is 5.32 Å². The number of furan rings is 1. The minimum absolute atomic E-state index is 0.676. The van der Waals surface area contributed by atoms with E-state index in [4.69, 9.17) is 8.83 Å². The summed E-state index contributed by atoms with van der Waals surface area (Å²) in [7, 11) is 0. The predicted molar refractivity (Wildman–Crippen MR) is 73.4 cm³/mol. The van der Waals surface area contributed by atoms with Gasteiger partial charge in [-0.25, -0.2) is 4.98 Å². The Hall–Kier alpha value is -1.07. The molecule has 2 aromatic heterocycles. The molecule has 0 atom stereocenters. The molecule has 0 aliphatic heterocycles. The molecule has 0 saturated carbocycles. The van der Waals surface area contributed by atoms with Crippen molar-refractivity contribution in [1.82, 2.24) is 10.3 Å². The molecular weight excluding hydrogens is 296 g/mol. The first kappa shape index (κ1) is 13.4. The molecule has 0 spiro atoms. The molecule has 18 heavy (non-hydrogen) atoms. The van der Waals surface area contributed by atoms with Gasteiger partial charge in [0, 0.05) is 6.42 Å². The number of rotatable bonds is 7. The average Bonchev–Trinajstić information content (AvgIpc) is 2.97. The lowest BCUT2D eigenvalue weighted by Gasteiger charge is -2.00. The molecule has 0 unspecified atom stereocenters. The number of hydrogen-bond donors (Lipinski definition) is 1. The van der Waals surface area contributed by atoms with Gasteiger partial charge in [-0.1, -0.05) is 6.92 Å². The highest BCUT2D eigenvalue weighted by molar-refractivity contribution is 9.10. The van der Waals surface area contributed by atoms with Crippen molar-refractivity contribution >= 4 is 15.9 Å². The van der Waals surface area contributed by atoms with Crippen molar-refractivity contribution in [2.75, 3.05) is 13.1 Å². The second-order valence-corrected chi connectivity index (χ2v) is 4.80. The Labute approximate surface area is 115 Å². The summed E-state index contributed by atoms with van der Waals surface area (Å²) >= 11 is 3.33. The van der Waals surface area contributed by atoms with Gasteiger partial charge < -0.3 is 14.2 Å². The molecular formula is C13H17BrN2O2. The summed E-state index contributed by atoms with van der Waals surface area (Å²) in [5.41, 5.74) is 0.901. The summed E-state index contributed by atoms with van der Waals surface area (Å²) in [5.74, 6) is 1.52. The summed E-state index contributed by atoms with van der Waals surface area (Å²) in [6.45, 7) is 4.23. The first-order chi connectivity index (χ1) is 8.81. The summed E-state index contributed by atoms with van der Waals surface area (Å²) in [6, 6.07) is 1.86. The van der Waals surface area contributed by atoms with Gasteiger partial charge in [0.1, 0.15) is 0 Å². The van der Waals surface area contributed by atoms with Gasteiger partial charge in [-0.3, -0.25) is 0 Å². The molecule has 0 aliphatic carbocycles. The van der Waals surface area contributed by atoms with Crippen molar-refractivity contribution in [3.63, 3.8) is 0 Å². The lowest BCUT2D eigenvalue weighted by Crippen LogP contribution is -2.16. The Morgan fingerprint density at radius 1 is 1.39 bits per heavy atom. The van der Waals surface area contributed by atoms with E-state index in [0.29, 0.717) is 4.67 Å². The molecule has 0 aromatic carbocycles. The van der Waals surface area contributed by atoms with Gasteiger partial charge in [-0.15, -0.1) is 0 Å². The van der Waals surface area contributed by atoms with Crippen LogP contribution in [0.15, 0.2) is 32.0 Å². The van der Waals surface area contributed by atoms with Crippen LogP contribution in [0.5, 0.6) is 0 Å². The van der Waals surface area contributed by atoms with Crippen molar-refractivity contribution < 1.29 is 8.83 Å². The summed E-state index contributed by atoms with van der Waals surface area (Å²) < 4.78 is 11.5. The molecule has 0 amide bonds. The topological polar surface area (TPSA) is 51.2 Å². The molecule has 2 aromatic rings. The quantitative estimate of drug-likeness (QED) is 0.793. The molecule has 5 heteroatoms. The maximum absolute atomic E-state index is 5.69. The average molecular weight is 313 g/mol. The summed E-state index contributed by atoms with van der Waals surface area (Å²) in [4.78, 5) is 4.27. The lowest BCUT2D eigenvalue weighted by molar-refractivity contribution is 0.489. The van der Waals surface area contributed by atoms with Crippen molar-refractivity contribution in [2.45, 2.75) is 26.2 Å². The van der Waals surface area contributed by atoms with E-state index in [1.807, 2.05) is 6.07 Å². The Balaban J connectivity index is 1.85. The van der Waals surface area contributed by atoms with Gasteiger partial charge >= 0.3 is 0 Å². The molecule has 0 fully saturated rings. The van der Waals surface area contributed by atoms with Gasteiger partial charge in [0.25, 0.3) is 0 Å². The number of aryl methyl sites for hydroxylation is 1. The Morgan fingerprint density at radius 3 is 3.00 bits per heavy atom. The van der Waals surface area contributed by atoms with E-state index in [9.17, 15) is 0 Å². The van der Waals surface area contributed by atoms with Gasteiger partial charge in [0.15, 0.2) is 16.3 Å². The fourth-order valence-electron chi connectivity index (χ4n) is 1.69. The normalized spacial score (nSPS) is 11.0. The highest BCUT2D eigenvalue weighted by atomic mass is 79.9. The van der Waals surface area contributed by atoms with Crippen LogP contribution in [0.25, 0.3) is 11.3 Å². The largest absolute Gasteiger partial charge is 0.457 e. The van der Waals surface area contributed by atoms with Gasteiger partial charge in [0.05, 0.1) is 18.0 Å². The number of halogens is 1. The van der Waals surface area contributed by atoms with Crippen LogP contribution in [0.3, 0.4) is 0 Å². The maximum atomic E-state index is 5.69. The van der Waals surface area contributed by atoms with Gasteiger partial charge in [0.2, 0.25) is 0 Å². The molecule has 0 saturated heterocycles. The zero-order chi connectivity index (χ0) is 12.8. The Kier molecular flexibility index (Phi) is 5.01. The van der Waals surface area contributed by atoms with Crippen LogP contribution in [0.1, 0.15) is 25.7 Å². The van der Waals surface area contributed by atoms with Crippen molar-refractivity contribution in [1.29, 1.82) is 0 Å². The first-order valence-corrected chi connectivity index (χ1v) is 6.99. The van der Waals surface area contributed by atoms with Crippen LogP contribution in [-0.2, 0) is 6.42 Å². The molecule has 0 aliphatic rings. The fourth-order valence-corrected chi connectivity index (χ4v) is 2.12. The number of nitrogens with zero attached hydrogens (tertiary/aromatic N) is 1. The molecule has 4 nitrogen and oxygen atoms in total. The Morgan fingerprint density at radius 2 is 2.28 bits per heavy atom. The number of oxazole rings is 1. The zero-order valence-corrected chi connectivity index (χ0v) is 12.0. The van der Waals surface area contributed by atoms with Crippen LogP contribution in [0.2, 0.25) is 0 Å². The van der Waals surface area contributed by atoms with Crippen LogP contribution in [0.4, 0.5) is 0 Å². The second kappa shape index (κ2) is 6.75. The van der Waals surface area contributed by atoms with E-state index in [2.05, 4.69) is 33.2 Å². The summed E-state index contributed by atoms with van der Waals surface area (Å²) in [5, 5.41) is 3.36. The van der Waals surface area contributed by atoms with E-state index < -0.39 is 0 Å². The molecule has 98 valence electrons. The van der Waals surface area contributed by atoms with Crippen LogP contribution >= 0.6 is 15.9 Å². The monoisotopic (exact) mass is 312 g/mol. The van der Waals surface area contributed by atoms with Gasteiger partial charge in [-0.05, 0) is 47.9 Å². The highest BCUT2D eigenvalue weighted by Gasteiger charge is 2.11. The third-order valence-electron chi connectivity index (χ3n) is 2.61. The third-order valence-corrected chi connectivity index (χ3v) is 3.22. The predicted octanol–water partition coefficient (Wildman–Crippen LogP) is 3.63. The Bertz CT molecular complexity index is 479. The van der Waals surface area contributed by atoms with E-state index in [1.165, 1.54) is 0 Å². The van der Waals surface area contributed by atoms with E-state index in [-0.39, 0.29) is 0 Å². The SMILES string of the molecule is CCCNCCCc1ncc(-c2ccoc2Br)o1. The number of nitrogens with one attached hydrogen (secondary N) is 1. The third kappa shape index (κ3) is 3.46. The van der Waals surface area contributed by atoms with Crippen molar-refractivity contribution in [3.05, 3.63) is 29.1 Å². The van der Waals surface area contributed by atoms with Crippen LogP contribution in [0, 0.1) is 0 Å². The zero-order valence-electron chi connectivity index (χ0n) is 10.4. The maximum Gasteiger partial charge on any atom is 0.194 e. The molecule has 2 rings (SSSR count). The van der Waals surface area contributed by atoms with Crippen molar-refractivity contribution in [3.8, 4) is 11.3 Å². The minimum Gasteiger partial charge on any atom is -0.457 e. The molecule has 0 bridgehead atoms. The smallest absolute Gasteiger partial charge is 0.194 e. The molecule has 2 heterocycles. The second-order valence-electron chi connectivity index (χ2n) is 4.08. The fraction of sp³-hybridized carbons (Fsp3) is 0.462. The molecule has 0 radical (unpaired) electrons. The van der Waals surface area contributed by atoms with Crippen molar-refractivity contribution in [2.24, 2.45) is 0 Å². The van der Waals surface area contributed by atoms with E-state index in [1.54, 1.807) is 12.5 Å². The number of hydrogen-bond acceptors (Lipinski definition) is 4. The van der Waals surface area contributed by atoms with E-state index in [0.717, 1.165) is 49.6 Å². The standard InChI is InChI=1S/C13H17BrN2O2/c1-2-6-15-7-3-4-12-16-9-11(18-12)10-5-8-17-13(10)14/h5,8-9,15H,2-4,6-7H2,1H3. The number of aromatic nitrogens is 1. The highest BCUT2D eigenvalue weighted by Crippen LogP contribution is 2.29. The first-order valence-electron chi connectivity index (χ1n) is 6.20. The lowest BCUT2D eigenvalue weighted by atomic mass is 10.3.